The second-order valence-electron chi connectivity index (χ2n) is 6.64. The van der Waals surface area contributed by atoms with Gasteiger partial charge in [-0.15, -0.1) is 10.2 Å². The van der Waals surface area contributed by atoms with E-state index in [4.69, 9.17) is 4.74 Å². The van der Waals surface area contributed by atoms with Crippen molar-refractivity contribution in [3.63, 3.8) is 0 Å². The largest absolute Gasteiger partial charge is 0.484 e. The number of aliphatic imine (C=N–C) groups is 1. The van der Waals surface area contributed by atoms with E-state index in [1.165, 1.54) is 4.90 Å². The topological polar surface area (TPSA) is 96.7 Å². The Morgan fingerprint density at radius 2 is 2.10 bits per heavy atom. The summed E-state index contributed by atoms with van der Waals surface area (Å²) in [6, 6.07) is 7.63. The predicted octanol–water partition coefficient (Wildman–Crippen LogP) is 1.06. The number of ether oxygens (including phenoxy) is 1. The molecule has 1 aromatic heterocycles. The van der Waals surface area contributed by atoms with Gasteiger partial charge in [0.1, 0.15) is 17.9 Å². The number of amides is 1. The molecule has 0 aliphatic rings. The summed E-state index contributed by atoms with van der Waals surface area (Å²) >= 11 is 0. The van der Waals surface area contributed by atoms with Gasteiger partial charge in [0.25, 0.3) is 5.91 Å². The van der Waals surface area contributed by atoms with Crippen molar-refractivity contribution in [3.8, 4) is 5.75 Å². The van der Waals surface area contributed by atoms with Gasteiger partial charge in [0, 0.05) is 40.2 Å². The lowest BCUT2D eigenvalue weighted by molar-refractivity contribution is -0.130. The van der Waals surface area contributed by atoms with Gasteiger partial charge in [-0.25, -0.2) is 4.99 Å². The van der Waals surface area contributed by atoms with Crippen LogP contribution in [0.2, 0.25) is 0 Å². The molecular weight excluding hydrogens is 370 g/mol. The van der Waals surface area contributed by atoms with Crippen LogP contribution in [0.4, 0.5) is 0 Å². The first-order valence-corrected chi connectivity index (χ1v) is 9.84. The van der Waals surface area contributed by atoms with E-state index in [9.17, 15) is 4.79 Å². The molecule has 0 aliphatic heterocycles. The van der Waals surface area contributed by atoms with Crippen molar-refractivity contribution in [1.29, 1.82) is 0 Å². The molecule has 1 amide bonds. The minimum atomic E-state index is -0.0774. The van der Waals surface area contributed by atoms with Crippen molar-refractivity contribution in [1.82, 2.24) is 30.3 Å². The Hall–Kier alpha value is -3.10. The molecule has 2 aromatic rings. The van der Waals surface area contributed by atoms with Gasteiger partial charge < -0.3 is 24.8 Å². The molecule has 158 valence electrons. The molecule has 0 aliphatic carbocycles. The minimum Gasteiger partial charge on any atom is -0.484 e. The van der Waals surface area contributed by atoms with E-state index >= 15 is 0 Å². The number of nitrogens with one attached hydrogen (secondary N) is 2. The number of likely N-dealkylation sites (N-methyl/N-ethyl adjacent to an activating group) is 1. The Bertz CT molecular complexity index is 802. The van der Waals surface area contributed by atoms with Crippen LogP contribution in [0.15, 0.2) is 35.6 Å². The fourth-order valence-electron chi connectivity index (χ4n) is 2.55. The highest BCUT2D eigenvalue weighted by Gasteiger charge is 2.06. The van der Waals surface area contributed by atoms with E-state index in [2.05, 4.69) is 32.7 Å². The zero-order chi connectivity index (χ0) is 21.1. The highest BCUT2D eigenvalue weighted by atomic mass is 16.5. The zero-order valence-corrected chi connectivity index (χ0v) is 17.7. The highest BCUT2D eigenvalue weighted by Crippen LogP contribution is 2.14. The lowest BCUT2D eigenvalue weighted by Gasteiger charge is -2.13. The molecule has 0 spiro atoms. The molecule has 2 N–H and O–H groups in total. The van der Waals surface area contributed by atoms with Crippen LogP contribution in [0.3, 0.4) is 0 Å². The summed E-state index contributed by atoms with van der Waals surface area (Å²) in [6.45, 7) is 6.87. The molecule has 0 unspecified atom stereocenters. The van der Waals surface area contributed by atoms with Gasteiger partial charge in [-0.3, -0.25) is 4.79 Å². The first-order chi connectivity index (χ1) is 14.0. The third-order valence-corrected chi connectivity index (χ3v) is 4.18. The van der Waals surface area contributed by atoms with Crippen LogP contribution in [0, 0.1) is 0 Å². The fraction of sp³-hybridized carbons (Fsp3) is 0.500. The van der Waals surface area contributed by atoms with Crippen molar-refractivity contribution < 1.29 is 9.53 Å². The molecule has 2 rings (SSSR count). The summed E-state index contributed by atoms with van der Waals surface area (Å²) in [6.07, 6.45) is 2.60. The molecule has 29 heavy (non-hydrogen) atoms. The summed E-state index contributed by atoms with van der Waals surface area (Å²) in [5, 5.41) is 14.6. The van der Waals surface area contributed by atoms with Crippen LogP contribution < -0.4 is 15.4 Å². The number of rotatable bonds is 10. The molecule has 0 radical (unpaired) electrons. The second-order valence-corrected chi connectivity index (χ2v) is 6.64. The highest BCUT2D eigenvalue weighted by molar-refractivity contribution is 5.79. The summed E-state index contributed by atoms with van der Waals surface area (Å²) in [5.41, 5.74) is 1.00. The molecule has 0 atom stereocenters. The molecule has 0 saturated carbocycles. The Morgan fingerprint density at radius 1 is 1.28 bits per heavy atom. The van der Waals surface area contributed by atoms with Gasteiger partial charge in [0.15, 0.2) is 12.6 Å². The quantitative estimate of drug-likeness (QED) is 0.457. The average molecular weight is 402 g/mol. The molecular formula is C20H31N7O2. The van der Waals surface area contributed by atoms with E-state index in [-0.39, 0.29) is 12.5 Å². The van der Waals surface area contributed by atoms with Gasteiger partial charge >= 0.3 is 0 Å². The van der Waals surface area contributed by atoms with Gasteiger partial charge in [0.2, 0.25) is 0 Å². The van der Waals surface area contributed by atoms with Crippen molar-refractivity contribution >= 4 is 11.9 Å². The lowest BCUT2D eigenvalue weighted by Crippen LogP contribution is -2.38. The molecule has 0 saturated heterocycles. The smallest absolute Gasteiger partial charge is 0.259 e. The van der Waals surface area contributed by atoms with Gasteiger partial charge in [-0.1, -0.05) is 19.1 Å². The molecule has 9 nitrogen and oxygen atoms in total. The van der Waals surface area contributed by atoms with Crippen LogP contribution in [0.5, 0.6) is 5.75 Å². The summed E-state index contributed by atoms with van der Waals surface area (Å²) in [7, 11) is 3.41. The standard InChI is InChI=1S/C20H31N7O2/c1-5-18-25-24-15-27(18)11-10-22-20(21-6-2)23-13-16-8-7-9-17(12-16)29-14-19(28)26(3)4/h7-9,12,15H,5-6,10-11,13-14H2,1-4H3,(H2,21,22,23). The first kappa shape index (κ1) is 22.2. The van der Waals surface area contributed by atoms with E-state index < -0.39 is 0 Å². The third kappa shape index (κ3) is 7.44. The van der Waals surface area contributed by atoms with Crippen LogP contribution in [-0.4, -0.2) is 65.3 Å². The monoisotopic (exact) mass is 401 g/mol. The predicted molar refractivity (Wildman–Crippen MR) is 113 cm³/mol. The third-order valence-electron chi connectivity index (χ3n) is 4.18. The van der Waals surface area contributed by atoms with Gasteiger partial charge in [-0.2, -0.15) is 0 Å². The summed E-state index contributed by atoms with van der Waals surface area (Å²) < 4.78 is 7.60. The molecule has 0 bridgehead atoms. The zero-order valence-electron chi connectivity index (χ0n) is 17.7. The van der Waals surface area contributed by atoms with Crippen molar-refractivity contribution in [2.45, 2.75) is 33.4 Å². The number of benzene rings is 1. The molecule has 9 heteroatoms. The Balaban J connectivity index is 1.90. The second kappa shape index (κ2) is 11.7. The number of nitrogens with zero attached hydrogens (tertiary/aromatic N) is 5. The normalized spacial score (nSPS) is 11.2. The lowest BCUT2D eigenvalue weighted by atomic mass is 10.2. The van der Waals surface area contributed by atoms with Crippen LogP contribution in [0.1, 0.15) is 25.2 Å². The van der Waals surface area contributed by atoms with Crippen molar-refractivity contribution in [3.05, 3.63) is 42.0 Å². The number of aryl methyl sites for hydroxylation is 1. The van der Waals surface area contributed by atoms with Gasteiger partial charge in [-0.05, 0) is 24.6 Å². The van der Waals surface area contributed by atoms with Crippen molar-refractivity contribution in [2.24, 2.45) is 4.99 Å². The number of hydrogen-bond acceptors (Lipinski definition) is 5. The summed E-state index contributed by atoms with van der Waals surface area (Å²) in [5.74, 6) is 2.29. The van der Waals surface area contributed by atoms with Crippen LogP contribution in [0.25, 0.3) is 0 Å². The maximum atomic E-state index is 11.7. The molecule has 1 heterocycles. The number of carbonyl (C=O) groups excluding carboxylic acids is 1. The van der Waals surface area contributed by atoms with Crippen molar-refractivity contribution in [2.75, 3.05) is 33.8 Å². The fourth-order valence-corrected chi connectivity index (χ4v) is 2.55. The Kier molecular flexibility index (Phi) is 8.94. The average Bonchev–Trinajstić information content (AvgIpc) is 3.18. The number of hydrogen-bond donors (Lipinski definition) is 2. The first-order valence-electron chi connectivity index (χ1n) is 9.84. The SMILES string of the molecule is CCNC(=NCc1cccc(OCC(=O)N(C)C)c1)NCCn1cnnc1CC. The Labute approximate surface area is 172 Å². The molecule has 1 aromatic carbocycles. The van der Waals surface area contributed by atoms with Crippen LogP contribution >= 0.6 is 0 Å². The number of guanidine groups is 1. The maximum absolute atomic E-state index is 11.7. The minimum absolute atomic E-state index is 0.0206. The van der Waals surface area contributed by atoms with E-state index in [1.54, 1.807) is 20.4 Å². The van der Waals surface area contributed by atoms with Gasteiger partial charge in [0.05, 0.1) is 6.54 Å². The van der Waals surface area contributed by atoms with E-state index in [1.807, 2.05) is 35.8 Å². The summed E-state index contributed by atoms with van der Waals surface area (Å²) in [4.78, 5) is 17.8. The number of aromatic nitrogens is 3. The molecule has 0 fully saturated rings. The van der Waals surface area contributed by atoms with E-state index in [0.29, 0.717) is 18.8 Å². The maximum Gasteiger partial charge on any atom is 0.259 e. The van der Waals surface area contributed by atoms with E-state index in [0.717, 1.165) is 36.9 Å². The van der Waals surface area contributed by atoms with Crippen LogP contribution in [-0.2, 0) is 24.3 Å². The number of carbonyl (C=O) groups is 1. The Morgan fingerprint density at radius 3 is 2.83 bits per heavy atom.